The van der Waals surface area contributed by atoms with Crippen LogP contribution in [0.15, 0.2) is 0 Å². The quantitative estimate of drug-likeness (QED) is 0.725. The Morgan fingerprint density at radius 1 is 1.33 bits per heavy atom. The van der Waals surface area contributed by atoms with Crippen molar-refractivity contribution in [2.24, 2.45) is 11.3 Å². The first-order valence-corrected chi connectivity index (χ1v) is 7.13. The molecule has 1 saturated carbocycles. The van der Waals surface area contributed by atoms with E-state index in [1.54, 1.807) is 0 Å². The molecular weight excluding hydrogens is 202 g/mol. The molecule has 2 atom stereocenters. The van der Waals surface area contributed by atoms with Crippen molar-refractivity contribution in [3.05, 3.63) is 0 Å². The van der Waals surface area contributed by atoms with E-state index in [-0.39, 0.29) is 0 Å². The molecule has 1 nitrogen and oxygen atoms in total. The van der Waals surface area contributed by atoms with Crippen LogP contribution in [0.1, 0.15) is 46.0 Å². The Balaban J connectivity index is 1.88. The second kappa shape index (κ2) is 4.67. The highest BCUT2D eigenvalue weighted by Crippen LogP contribution is 2.43. The standard InChI is InChI=1S/C13H25NS/c1-11-4-7-14(12(2)8-11)9-13(10-15)5-3-6-13/h11-12,15H,3-10H2,1-2H3. The van der Waals surface area contributed by atoms with Gasteiger partial charge in [0.25, 0.3) is 0 Å². The third-order valence-electron chi connectivity index (χ3n) is 4.56. The average molecular weight is 227 g/mol. The van der Waals surface area contributed by atoms with Crippen LogP contribution in [0.25, 0.3) is 0 Å². The maximum atomic E-state index is 4.55. The zero-order chi connectivity index (χ0) is 10.9. The highest BCUT2D eigenvalue weighted by molar-refractivity contribution is 7.80. The lowest BCUT2D eigenvalue weighted by Gasteiger charge is -2.48. The fourth-order valence-electron chi connectivity index (χ4n) is 3.16. The molecule has 0 bridgehead atoms. The summed E-state index contributed by atoms with van der Waals surface area (Å²) in [4.78, 5) is 2.72. The normalized spacial score (nSPS) is 36.2. The van der Waals surface area contributed by atoms with Gasteiger partial charge >= 0.3 is 0 Å². The minimum atomic E-state index is 0.581. The van der Waals surface area contributed by atoms with E-state index in [9.17, 15) is 0 Å². The van der Waals surface area contributed by atoms with Gasteiger partial charge in [-0.3, -0.25) is 0 Å². The summed E-state index contributed by atoms with van der Waals surface area (Å²) in [5, 5.41) is 0. The van der Waals surface area contributed by atoms with Crippen molar-refractivity contribution >= 4 is 12.6 Å². The van der Waals surface area contributed by atoms with Crippen LogP contribution in [0.2, 0.25) is 0 Å². The van der Waals surface area contributed by atoms with Crippen molar-refractivity contribution in [1.29, 1.82) is 0 Å². The van der Waals surface area contributed by atoms with Gasteiger partial charge in [-0.2, -0.15) is 12.6 Å². The van der Waals surface area contributed by atoms with Crippen LogP contribution in [0.4, 0.5) is 0 Å². The number of hydrogen-bond donors (Lipinski definition) is 1. The largest absolute Gasteiger partial charge is 0.300 e. The van der Waals surface area contributed by atoms with E-state index < -0.39 is 0 Å². The Bertz CT molecular complexity index is 207. The number of hydrogen-bond acceptors (Lipinski definition) is 2. The van der Waals surface area contributed by atoms with Gasteiger partial charge in [0, 0.05) is 12.6 Å². The molecule has 2 rings (SSSR count). The first-order chi connectivity index (χ1) is 7.15. The Kier molecular flexibility index (Phi) is 3.67. The SMILES string of the molecule is CC1CCN(CC2(CS)CCC2)C(C)C1. The van der Waals surface area contributed by atoms with E-state index in [1.807, 2.05) is 0 Å². The summed E-state index contributed by atoms with van der Waals surface area (Å²) in [5.74, 6) is 2.02. The van der Waals surface area contributed by atoms with Crippen molar-refractivity contribution in [1.82, 2.24) is 4.90 Å². The van der Waals surface area contributed by atoms with Crippen molar-refractivity contribution in [3.8, 4) is 0 Å². The van der Waals surface area contributed by atoms with Crippen LogP contribution in [0.3, 0.4) is 0 Å². The topological polar surface area (TPSA) is 3.24 Å². The number of thiol groups is 1. The summed E-state index contributed by atoms with van der Waals surface area (Å²) in [5.41, 5.74) is 0.581. The summed E-state index contributed by atoms with van der Waals surface area (Å²) in [6, 6.07) is 0.797. The minimum Gasteiger partial charge on any atom is -0.300 e. The molecule has 0 amide bonds. The molecule has 1 aliphatic carbocycles. The third-order valence-corrected chi connectivity index (χ3v) is 5.23. The van der Waals surface area contributed by atoms with Gasteiger partial charge in [0.15, 0.2) is 0 Å². The smallest absolute Gasteiger partial charge is 0.00697 e. The molecule has 15 heavy (non-hydrogen) atoms. The van der Waals surface area contributed by atoms with Crippen LogP contribution in [-0.4, -0.2) is 29.8 Å². The molecule has 2 unspecified atom stereocenters. The summed E-state index contributed by atoms with van der Waals surface area (Å²) >= 11 is 4.55. The van der Waals surface area contributed by atoms with Crippen LogP contribution >= 0.6 is 12.6 Å². The zero-order valence-corrected chi connectivity index (χ0v) is 11.1. The third kappa shape index (κ3) is 2.52. The fraction of sp³-hybridized carbons (Fsp3) is 1.00. The van der Waals surface area contributed by atoms with Gasteiger partial charge in [-0.25, -0.2) is 0 Å². The number of rotatable bonds is 3. The Labute approximate surface area is 100 Å². The average Bonchev–Trinajstić information content (AvgIpc) is 2.14. The molecular formula is C13H25NS. The van der Waals surface area contributed by atoms with Crippen molar-refractivity contribution in [2.45, 2.75) is 52.0 Å². The maximum Gasteiger partial charge on any atom is 0.00697 e. The summed E-state index contributed by atoms with van der Waals surface area (Å²) in [7, 11) is 0. The van der Waals surface area contributed by atoms with E-state index in [1.165, 1.54) is 45.2 Å². The van der Waals surface area contributed by atoms with Crippen LogP contribution in [-0.2, 0) is 0 Å². The number of piperidine rings is 1. The molecule has 0 N–H and O–H groups in total. The van der Waals surface area contributed by atoms with E-state index in [4.69, 9.17) is 0 Å². The lowest BCUT2D eigenvalue weighted by molar-refractivity contribution is 0.0400. The second-order valence-corrected chi connectivity index (χ2v) is 6.28. The van der Waals surface area contributed by atoms with E-state index >= 15 is 0 Å². The summed E-state index contributed by atoms with van der Waals surface area (Å²) in [6.07, 6.45) is 7.04. The van der Waals surface area contributed by atoms with Crippen LogP contribution in [0, 0.1) is 11.3 Å². The van der Waals surface area contributed by atoms with Crippen LogP contribution in [0.5, 0.6) is 0 Å². The molecule has 0 radical (unpaired) electrons. The molecule has 0 aromatic heterocycles. The lowest BCUT2D eigenvalue weighted by Crippen LogP contribution is -2.49. The highest BCUT2D eigenvalue weighted by atomic mass is 32.1. The Morgan fingerprint density at radius 2 is 2.07 bits per heavy atom. The van der Waals surface area contributed by atoms with E-state index in [2.05, 4.69) is 31.4 Å². The predicted molar refractivity (Wildman–Crippen MR) is 69.6 cm³/mol. The van der Waals surface area contributed by atoms with Gasteiger partial charge in [0.2, 0.25) is 0 Å². The number of likely N-dealkylation sites (tertiary alicyclic amines) is 1. The summed E-state index contributed by atoms with van der Waals surface area (Å²) in [6.45, 7) is 7.42. The van der Waals surface area contributed by atoms with Crippen molar-refractivity contribution in [3.63, 3.8) is 0 Å². The molecule has 2 heteroatoms. The Hall–Kier alpha value is 0.310. The van der Waals surface area contributed by atoms with Gasteiger partial charge in [-0.1, -0.05) is 13.3 Å². The van der Waals surface area contributed by atoms with Gasteiger partial charge in [0.1, 0.15) is 0 Å². The molecule has 0 spiro atoms. The van der Waals surface area contributed by atoms with Gasteiger partial charge in [0.05, 0.1) is 0 Å². The van der Waals surface area contributed by atoms with Crippen molar-refractivity contribution < 1.29 is 0 Å². The fourth-order valence-corrected chi connectivity index (χ4v) is 3.58. The monoisotopic (exact) mass is 227 g/mol. The lowest BCUT2D eigenvalue weighted by atomic mass is 9.69. The summed E-state index contributed by atoms with van der Waals surface area (Å²) < 4.78 is 0. The maximum absolute atomic E-state index is 4.55. The van der Waals surface area contributed by atoms with Crippen LogP contribution < -0.4 is 0 Å². The molecule has 0 aromatic rings. The van der Waals surface area contributed by atoms with Gasteiger partial charge in [-0.05, 0) is 56.2 Å². The first kappa shape index (κ1) is 11.8. The van der Waals surface area contributed by atoms with Crippen molar-refractivity contribution in [2.75, 3.05) is 18.8 Å². The molecule has 1 saturated heterocycles. The molecule has 88 valence electrons. The molecule has 1 heterocycles. The molecule has 2 aliphatic rings. The highest BCUT2D eigenvalue weighted by Gasteiger charge is 2.38. The molecule has 1 aliphatic heterocycles. The van der Waals surface area contributed by atoms with Gasteiger partial charge in [-0.15, -0.1) is 0 Å². The van der Waals surface area contributed by atoms with E-state index in [0.29, 0.717) is 5.41 Å². The minimum absolute atomic E-state index is 0.581. The van der Waals surface area contributed by atoms with E-state index in [0.717, 1.165) is 17.7 Å². The van der Waals surface area contributed by atoms with Gasteiger partial charge < -0.3 is 4.90 Å². The zero-order valence-electron chi connectivity index (χ0n) is 10.2. The predicted octanol–water partition coefficient (Wildman–Crippen LogP) is 3.21. The molecule has 0 aromatic carbocycles. The second-order valence-electron chi connectivity index (χ2n) is 5.96. The number of nitrogens with zero attached hydrogens (tertiary/aromatic N) is 1. The molecule has 2 fully saturated rings. The Morgan fingerprint density at radius 3 is 2.53 bits per heavy atom. The first-order valence-electron chi connectivity index (χ1n) is 6.50.